The van der Waals surface area contributed by atoms with E-state index in [2.05, 4.69) is 18.2 Å². The molecule has 1 saturated carbocycles. The van der Waals surface area contributed by atoms with Crippen LogP contribution in [0.25, 0.3) is 0 Å². The SMILES string of the molecule is CC(O)(c1ccc(C#N)cc1)c1cccc(C2CCC2)c1. The molecule has 0 heterocycles. The number of rotatable bonds is 3. The van der Waals surface area contributed by atoms with E-state index in [1.807, 2.05) is 31.2 Å². The molecule has 0 aromatic heterocycles. The Bertz CT molecular complexity index is 675. The molecule has 0 spiro atoms. The number of benzene rings is 2. The van der Waals surface area contributed by atoms with Crippen LogP contribution in [-0.4, -0.2) is 5.11 Å². The molecule has 1 unspecified atom stereocenters. The standard InChI is InChI=1S/C19H19NO/c1-19(21,17-10-8-14(13-20)9-11-17)18-7-3-6-16(12-18)15-4-2-5-15/h3,6-12,15,21H,2,4-5H2,1H3. The first-order valence-corrected chi connectivity index (χ1v) is 7.45. The molecular formula is C19H19NO. The summed E-state index contributed by atoms with van der Waals surface area (Å²) in [6.45, 7) is 1.81. The molecule has 0 aliphatic heterocycles. The van der Waals surface area contributed by atoms with E-state index < -0.39 is 5.60 Å². The van der Waals surface area contributed by atoms with Crippen molar-refractivity contribution < 1.29 is 5.11 Å². The van der Waals surface area contributed by atoms with Gasteiger partial charge in [-0.2, -0.15) is 5.26 Å². The Balaban J connectivity index is 1.94. The van der Waals surface area contributed by atoms with Gasteiger partial charge in [0, 0.05) is 0 Å². The normalized spacial score (nSPS) is 17.6. The number of hydrogen-bond acceptors (Lipinski definition) is 2. The summed E-state index contributed by atoms with van der Waals surface area (Å²) in [6, 6.07) is 17.5. The molecule has 3 rings (SSSR count). The summed E-state index contributed by atoms with van der Waals surface area (Å²) < 4.78 is 0. The maximum Gasteiger partial charge on any atom is 0.112 e. The Kier molecular flexibility index (Phi) is 3.53. The Labute approximate surface area is 125 Å². The molecule has 0 bridgehead atoms. The minimum Gasteiger partial charge on any atom is -0.381 e. The van der Waals surface area contributed by atoms with E-state index in [9.17, 15) is 5.11 Å². The minimum atomic E-state index is -1.03. The van der Waals surface area contributed by atoms with Crippen LogP contribution >= 0.6 is 0 Å². The molecule has 2 aromatic rings. The number of aliphatic hydroxyl groups is 1. The van der Waals surface area contributed by atoms with E-state index in [0.717, 1.165) is 11.1 Å². The summed E-state index contributed by atoms with van der Waals surface area (Å²) in [5.74, 6) is 0.654. The van der Waals surface area contributed by atoms with Crippen LogP contribution in [0.1, 0.15) is 54.4 Å². The molecule has 0 amide bonds. The summed E-state index contributed by atoms with van der Waals surface area (Å²) in [6.07, 6.45) is 3.81. The van der Waals surface area contributed by atoms with Crippen LogP contribution in [0.15, 0.2) is 48.5 Å². The van der Waals surface area contributed by atoms with Gasteiger partial charge in [-0.25, -0.2) is 0 Å². The molecule has 2 nitrogen and oxygen atoms in total. The Morgan fingerprint density at radius 3 is 2.38 bits per heavy atom. The molecule has 2 aromatic carbocycles. The smallest absolute Gasteiger partial charge is 0.112 e. The van der Waals surface area contributed by atoms with Crippen LogP contribution in [0, 0.1) is 11.3 Å². The van der Waals surface area contributed by atoms with Gasteiger partial charge in [0.1, 0.15) is 5.60 Å². The highest BCUT2D eigenvalue weighted by atomic mass is 16.3. The first-order chi connectivity index (χ1) is 10.1. The highest BCUT2D eigenvalue weighted by Gasteiger charge is 2.27. The van der Waals surface area contributed by atoms with Gasteiger partial charge in [0.15, 0.2) is 0 Å². The van der Waals surface area contributed by atoms with Crippen molar-refractivity contribution in [1.82, 2.24) is 0 Å². The third-order valence-electron chi connectivity index (χ3n) is 4.60. The second-order valence-electron chi connectivity index (χ2n) is 6.01. The second kappa shape index (κ2) is 5.35. The fourth-order valence-electron chi connectivity index (χ4n) is 2.87. The predicted molar refractivity (Wildman–Crippen MR) is 82.9 cm³/mol. The van der Waals surface area contributed by atoms with Gasteiger partial charge in [-0.05, 0) is 54.5 Å². The summed E-state index contributed by atoms with van der Waals surface area (Å²) in [5, 5.41) is 19.8. The van der Waals surface area contributed by atoms with Crippen molar-refractivity contribution in [2.24, 2.45) is 0 Å². The highest BCUT2D eigenvalue weighted by molar-refractivity contribution is 5.41. The largest absolute Gasteiger partial charge is 0.381 e. The Morgan fingerprint density at radius 1 is 1.10 bits per heavy atom. The average Bonchev–Trinajstić information content (AvgIpc) is 2.46. The second-order valence-corrected chi connectivity index (χ2v) is 6.01. The van der Waals surface area contributed by atoms with Crippen LogP contribution in [0.2, 0.25) is 0 Å². The lowest BCUT2D eigenvalue weighted by Crippen LogP contribution is -2.23. The summed E-state index contributed by atoms with van der Waals surface area (Å²) in [7, 11) is 0. The molecule has 21 heavy (non-hydrogen) atoms. The fraction of sp³-hybridized carbons (Fsp3) is 0.316. The van der Waals surface area contributed by atoms with Crippen molar-refractivity contribution in [3.63, 3.8) is 0 Å². The molecular weight excluding hydrogens is 258 g/mol. The lowest BCUT2D eigenvalue weighted by atomic mass is 9.78. The first-order valence-electron chi connectivity index (χ1n) is 7.45. The first kappa shape index (κ1) is 13.9. The average molecular weight is 277 g/mol. The zero-order valence-corrected chi connectivity index (χ0v) is 12.2. The van der Waals surface area contributed by atoms with E-state index >= 15 is 0 Å². The topological polar surface area (TPSA) is 44.0 Å². The quantitative estimate of drug-likeness (QED) is 0.918. The van der Waals surface area contributed by atoms with E-state index in [1.54, 1.807) is 12.1 Å². The number of hydrogen-bond donors (Lipinski definition) is 1. The van der Waals surface area contributed by atoms with Gasteiger partial charge in [-0.1, -0.05) is 42.8 Å². The lowest BCUT2D eigenvalue weighted by molar-refractivity contribution is 0.102. The van der Waals surface area contributed by atoms with Gasteiger partial charge in [0.25, 0.3) is 0 Å². The van der Waals surface area contributed by atoms with E-state index in [1.165, 1.54) is 24.8 Å². The van der Waals surface area contributed by atoms with Crippen LogP contribution in [-0.2, 0) is 5.60 Å². The molecule has 1 aliphatic rings. The summed E-state index contributed by atoms with van der Waals surface area (Å²) in [4.78, 5) is 0. The molecule has 1 aliphatic carbocycles. The summed E-state index contributed by atoms with van der Waals surface area (Å²) >= 11 is 0. The lowest BCUT2D eigenvalue weighted by Gasteiger charge is -2.29. The predicted octanol–water partition coefficient (Wildman–Crippen LogP) is 4.08. The Morgan fingerprint density at radius 2 is 1.81 bits per heavy atom. The van der Waals surface area contributed by atoms with Gasteiger partial charge >= 0.3 is 0 Å². The molecule has 1 N–H and O–H groups in total. The maximum atomic E-state index is 10.9. The van der Waals surface area contributed by atoms with Gasteiger partial charge in [-0.15, -0.1) is 0 Å². The zero-order chi connectivity index (χ0) is 14.9. The van der Waals surface area contributed by atoms with Crippen LogP contribution in [0.4, 0.5) is 0 Å². The van der Waals surface area contributed by atoms with Crippen LogP contribution < -0.4 is 0 Å². The van der Waals surface area contributed by atoms with Gasteiger partial charge in [0.05, 0.1) is 11.6 Å². The molecule has 1 atom stereocenters. The van der Waals surface area contributed by atoms with Crippen molar-refractivity contribution in [2.75, 3.05) is 0 Å². The van der Waals surface area contributed by atoms with E-state index in [4.69, 9.17) is 5.26 Å². The molecule has 0 saturated heterocycles. The van der Waals surface area contributed by atoms with Crippen molar-refractivity contribution in [2.45, 2.75) is 37.7 Å². The van der Waals surface area contributed by atoms with Gasteiger partial charge in [-0.3, -0.25) is 0 Å². The highest BCUT2D eigenvalue weighted by Crippen LogP contribution is 2.38. The van der Waals surface area contributed by atoms with Crippen molar-refractivity contribution in [3.8, 4) is 6.07 Å². The maximum absolute atomic E-state index is 10.9. The van der Waals surface area contributed by atoms with Crippen LogP contribution in [0.3, 0.4) is 0 Å². The number of nitriles is 1. The van der Waals surface area contributed by atoms with E-state index in [-0.39, 0.29) is 0 Å². The molecule has 1 fully saturated rings. The van der Waals surface area contributed by atoms with Gasteiger partial charge in [0.2, 0.25) is 0 Å². The third-order valence-corrected chi connectivity index (χ3v) is 4.60. The monoisotopic (exact) mass is 277 g/mol. The number of nitrogens with zero attached hydrogens (tertiary/aromatic N) is 1. The third kappa shape index (κ3) is 2.57. The fourth-order valence-corrected chi connectivity index (χ4v) is 2.87. The molecule has 2 heteroatoms. The van der Waals surface area contributed by atoms with Crippen molar-refractivity contribution in [1.29, 1.82) is 5.26 Å². The molecule has 106 valence electrons. The Hall–Kier alpha value is -2.11. The summed E-state index contributed by atoms with van der Waals surface area (Å²) in [5.41, 5.74) is 2.63. The molecule has 0 radical (unpaired) electrons. The van der Waals surface area contributed by atoms with Crippen molar-refractivity contribution >= 4 is 0 Å². The van der Waals surface area contributed by atoms with Gasteiger partial charge < -0.3 is 5.11 Å². The van der Waals surface area contributed by atoms with Crippen molar-refractivity contribution in [3.05, 3.63) is 70.8 Å². The van der Waals surface area contributed by atoms with E-state index in [0.29, 0.717) is 11.5 Å². The van der Waals surface area contributed by atoms with Crippen LogP contribution in [0.5, 0.6) is 0 Å². The zero-order valence-electron chi connectivity index (χ0n) is 12.2. The minimum absolute atomic E-state index is 0.609.